The van der Waals surface area contributed by atoms with Crippen LogP contribution >= 0.6 is 0 Å². The molecule has 0 radical (unpaired) electrons. The van der Waals surface area contributed by atoms with E-state index in [1.807, 2.05) is 13.0 Å². The number of nitrogens with one attached hydrogen (secondary N) is 2. The molecule has 0 unspecified atom stereocenters. The lowest BCUT2D eigenvalue weighted by atomic mass is 10.1. The number of sulfonamides is 1. The summed E-state index contributed by atoms with van der Waals surface area (Å²) in [6, 6.07) is 9.20. The average Bonchev–Trinajstić information content (AvgIpc) is 2.87. The first-order chi connectivity index (χ1) is 12.4. The van der Waals surface area contributed by atoms with Crippen molar-refractivity contribution in [2.24, 2.45) is 0 Å². The van der Waals surface area contributed by atoms with E-state index in [1.165, 1.54) is 25.7 Å². The number of benzene rings is 1. The van der Waals surface area contributed by atoms with Gasteiger partial charge in [0, 0.05) is 6.04 Å². The molecule has 6 nitrogen and oxygen atoms in total. The molecule has 2 N–H and O–H groups in total. The van der Waals surface area contributed by atoms with E-state index in [2.05, 4.69) is 20.2 Å². The van der Waals surface area contributed by atoms with E-state index < -0.39 is 10.0 Å². The molecule has 1 aromatic carbocycles. The molecule has 1 aliphatic rings. The molecule has 2 aromatic rings. The summed E-state index contributed by atoms with van der Waals surface area (Å²) in [6.07, 6.45) is 7.34. The fourth-order valence-corrected chi connectivity index (χ4v) is 4.61. The van der Waals surface area contributed by atoms with Crippen LogP contribution in [0.15, 0.2) is 35.2 Å². The van der Waals surface area contributed by atoms with Crippen LogP contribution in [0.1, 0.15) is 49.7 Å². The van der Waals surface area contributed by atoms with Gasteiger partial charge >= 0.3 is 0 Å². The van der Waals surface area contributed by atoms with Gasteiger partial charge in [0.25, 0.3) is 10.0 Å². The minimum atomic E-state index is -3.68. The standard InChI is InChI=1S/C19H26N4O2S/c1-14-9-10-15(2)17(13-14)26(24,25)23-19-12-11-18(21-22-19)20-16-7-5-3-4-6-8-16/h9-13,16H,3-8H2,1-2H3,(H,20,21)(H,22,23). The number of anilines is 2. The highest BCUT2D eigenvalue weighted by atomic mass is 32.2. The molecule has 140 valence electrons. The van der Waals surface area contributed by atoms with Crippen LogP contribution in [0.3, 0.4) is 0 Å². The summed E-state index contributed by atoms with van der Waals surface area (Å²) < 4.78 is 27.8. The van der Waals surface area contributed by atoms with Gasteiger partial charge in [-0.25, -0.2) is 8.42 Å². The van der Waals surface area contributed by atoms with Gasteiger partial charge in [0.2, 0.25) is 0 Å². The molecule has 26 heavy (non-hydrogen) atoms. The van der Waals surface area contributed by atoms with Crippen molar-refractivity contribution in [1.82, 2.24) is 10.2 Å². The number of aromatic nitrogens is 2. The average molecular weight is 375 g/mol. The number of nitrogens with zero attached hydrogens (tertiary/aromatic N) is 2. The second-order valence-electron chi connectivity index (χ2n) is 7.01. The lowest BCUT2D eigenvalue weighted by Gasteiger charge is -2.16. The lowest BCUT2D eigenvalue weighted by molar-refractivity contribution is 0.600. The Balaban J connectivity index is 1.69. The van der Waals surface area contributed by atoms with Gasteiger partial charge in [-0.1, -0.05) is 37.8 Å². The molecule has 0 atom stereocenters. The van der Waals surface area contributed by atoms with Crippen LogP contribution in [0.4, 0.5) is 11.6 Å². The lowest BCUT2D eigenvalue weighted by Crippen LogP contribution is -2.20. The predicted octanol–water partition coefficient (Wildman–Crippen LogP) is 4.03. The van der Waals surface area contributed by atoms with E-state index in [1.54, 1.807) is 31.2 Å². The fourth-order valence-electron chi connectivity index (χ4n) is 3.29. The number of hydrogen-bond donors (Lipinski definition) is 2. The van der Waals surface area contributed by atoms with E-state index >= 15 is 0 Å². The minimum Gasteiger partial charge on any atom is -0.366 e. The summed E-state index contributed by atoms with van der Waals surface area (Å²) in [6.45, 7) is 3.64. The maximum absolute atomic E-state index is 12.6. The van der Waals surface area contributed by atoms with Crippen LogP contribution in [0.2, 0.25) is 0 Å². The molecular formula is C19H26N4O2S. The van der Waals surface area contributed by atoms with E-state index in [0.29, 0.717) is 17.4 Å². The van der Waals surface area contributed by atoms with Crippen LogP contribution in [-0.4, -0.2) is 24.7 Å². The van der Waals surface area contributed by atoms with E-state index in [-0.39, 0.29) is 10.7 Å². The molecule has 0 aliphatic heterocycles. The normalized spacial score (nSPS) is 16.1. The second kappa shape index (κ2) is 8.03. The zero-order chi connectivity index (χ0) is 18.6. The van der Waals surface area contributed by atoms with Gasteiger partial charge in [-0.05, 0) is 56.0 Å². The van der Waals surface area contributed by atoms with Gasteiger partial charge in [0.05, 0.1) is 4.90 Å². The Morgan fingerprint density at radius 1 is 0.923 bits per heavy atom. The van der Waals surface area contributed by atoms with Crippen molar-refractivity contribution in [3.63, 3.8) is 0 Å². The maximum atomic E-state index is 12.6. The van der Waals surface area contributed by atoms with E-state index in [4.69, 9.17) is 0 Å². The van der Waals surface area contributed by atoms with Crippen molar-refractivity contribution in [2.75, 3.05) is 10.0 Å². The van der Waals surface area contributed by atoms with E-state index in [9.17, 15) is 8.42 Å². The summed E-state index contributed by atoms with van der Waals surface area (Å²) in [7, 11) is -3.68. The molecule has 1 aliphatic carbocycles. The highest BCUT2D eigenvalue weighted by molar-refractivity contribution is 7.92. The van der Waals surface area contributed by atoms with Crippen molar-refractivity contribution in [1.29, 1.82) is 0 Å². The summed E-state index contributed by atoms with van der Waals surface area (Å²) in [5.74, 6) is 0.906. The highest BCUT2D eigenvalue weighted by Crippen LogP contribution is 2.22. The summed E-state index contributed by atoms with van der Waals surface area (Å²) >= 11 is 0. The third-order valence-electron chi connectivity index (χ3n) is 4.74. The van der Waals surface area contributed by atoms with Crippen LogP contribution < -0.4 is 10.0 Å². The Morgan fingerprint density at radius 3 is 2.23 bits per heavy atom. The number of hydrogen-bond acceptors (Lipinski definition) is 5. The molecule has 0 amide bonds. The van der Waals surface area contributed by atoms with Crippen molar-refractivity contribution in [3.05, 3.63) is 41.5 Å². The Kier molecular flexibility index (Phi) is 5.76. The van der Waals surface area contributed by atoms with Crippen molar-refractivity contribution in [3.8, 4) is 0 Å². The van der Waals surface area contributed by atoms with Crippen LogP contribution in [0.5, 0.6) is 0 Å². The van der Waals surface area contributed by atoms with Crippen LogP contribution in [0.25, 0.3) is 0 Å². The number of rotatable bonds is 5. The Hall–Kier alpha value is -2.15. The van der Waals surface area contributed by atoms with Gasteiger partial charge in [-0.15, -0.1) is 10.2 Å². The first kappa shape index (κ1) is 18.6. The second-order valence-corrected chi connectivity index (χ2v) is 8.66. The molecule has 0 bridgehead atoms. The van der Waals surface area contributed by atoms with Crippen molar-refractivity contribution in [2.45, 2.75) is 63.3 Å². The molecule has 7 heteroatoms. The third kappa shape index (κ3) is 4.72. The quantitative estimate of drug-likeness (QED) is 0.772. The van der Waals surface area contributed by atoms with Gasteiger partial charge in [-0.2, -0.15) is 0 Å². The third-order valence-corrected chi connectivity index (χ3v) is 6.24. The molecule has 0 spiro atoms. The topological polar surface area (TPSA) is 84.0 Å². The monoisotopic (exact) mass is 374 g/mol. The molecule has 0 saturated heterocycles. The molecule has 1 aromatic heterocycles. The van der Waals surface area contributed by atoms with Crippen molar-refractivity contribution >= 4 is 21.7 Å². The first-order valence-electron chi connectivity index (χ1n) is 9.14. The van der Waals surface area contributed by atoms with Crippen LogP contribution in [-0.2, 0) is 10.0 Å². The fraction of sp³-hybridized carbons (Fsp3) is 0.474. The maximum Gasteiger partial charge on any atom is 0.263 e. The Bertz CT molecular complexity index is 842. The zero-order valence-electron chi connectivity index (χ0n) is 15.3. The Morgan fingerprint density at radius 2 is 1.58 bits per heavy atom. The smallest absolute Gasteiger partial charge is 0.263 e. The van der Waals surface area contributed by atoms with Crippen molar-refractivity contribution < 1.29 is 8.42 Å². The Labute approximate surface area is 155 Å². The van der Waals surface area contributed by atoms with Gasteiger partial charge in [0.1, 0.15) is 5.82 Å². The molecule has 1 saturated carbocycles. The van der Waals surface area contributed by atoms with E-state index in [0.717, 1.165) is 18.4 Å². The molecular weight excluding hydrogens is 348 g/mol. The minimum absolute atomic E-state index is 0.220. The summed E-state index contributed by atoms with van der Waals surface area (Å²) in [5.41, 5.74) is 1.59. The first-order valence-corrected chi connectivity index (χ1v) is 10.6. The van der Waals surface area contributed by atoms with Gasteiger partial charge in [-0.3, -0.25) is 4.72 Å². The van der Waals surface area contributed by atoms with Gasteiger partial charge < -0.3 is 5.32 Å². The summed E-state index contributed by atoms with van der Waals surface area (Å²) in [4.78, 5) is 0.264. The van der Waals surface area contributed by atoms with Gasteiger partial charge in [0.15, 0.2) is 5.82 Å². The highest BCUT2D eigenvalue weighted by Gasteiger charge is 2.18. The predicted molar refractivity (Wildman–Crippen MR) is 104 cm³/mol. The zero-order valence-corrected chi connectivity index (χ0v) is 16.1. The molecule has 1 fully saturated rings. The SMILES string of the molecule is Cc1ccc(C)c(S(=O)(=O)Nc2ccc(NC3CCCCCC3)nn2)c1. The van der Waals surface area contributed by atoms with Crippen LogP contribution in [0, 0.1) is 13.8 Å². The molecule has 1 heterocycles. The largest absolute Gasteiger partial charge is 0.366 e. The molecule has 3 rings (SSSR count). The number of aryl methyl sites for hydroxylation is 2. The summed E-state index contributed by atoms with van der Waals surface area (Å²) in [5, 5.41) is 11.6.